The Kier molecular flexibility index (Phi) is 4.29. The molecule has 0 saturated carbocycles. The van der Waals surface area contributed by atoms with Crippen molar-refractivity contribution in [2.75, 3.05) is 16.8 Å². The van der Waals surface area contributed by atoms with Crippen LogP contribution in [0.1, 0.15) is 36.5 Å². The predicted octanol–water partition coefficient (Wildman–Crippen LogP) is 2.90. The number of nitro benzene ring substituents is 1. The first kappa shape index (κ1) is 21.0. The number of amides is 3. The lowest BCUT2D eigenvalue weighted by Gasteiger charge is -2.36. The van der Waals surface area contributed by atoms with Crippen molar-refractivity contribution >= 4 is 34.8 Å². The summed E-state index contributed by atoms with van der Waals surface area (Å²) in [5.41, 5.74) is 1.72. The van der Waals surface area contributed by atoms with Crippen LogP contribution in [0.4, 0.5) is 17.1 Å². The molecule has 0 aliphatic carbocycles. The number of carbonyl (C=O) groups is 3. The molecule has 4 atom stereocenters. The number of fused-ring (bicyclic) bond motifs is 7. The fourth-order valence-electron chi connectivity index (χ4n) is 6.66. The van der Waals surface area contributed by atoms with Crippen molar-refractivity contribution in [3.05, 3.63) is 63.2 Å². The molecule has 4 heterocycles. The van der Waals surface area contributed by atoms with Gasteiger partial charge in [-0.1, -0.05) is 25.1 Å². The molecule has 3 fully saturated rings. The van der Waals surface area contributed by atoms with Gasteiger partial charge in [-0.05, 0) is 50.4 Å². The van der Waals surface area contributed by atoms with Gasteiger partial charge in [-0.15, -0.1) is 0 Å². The van der Waals surface area contributed by atoms with Crippen LogP contribution in [0.3, 0.4) is 0 Å². The maximum atomic E-state index is 14.0. The van der Waals surface area contributed by atoms with E-state index in [4.69, 9.17) is 0 Å². The van der Waals surface area contributed by atoms with Crippen molar-refractivity contribution in [2.45, 2.75) is 44.7 Å². The number of carbonyl (C=O) groups excluding carboxylic acids is 3. The van der Waals surface area contributed by atoms with Crippen molar-refractivity contribution in [2.24, 2.45) is 11.8 Å². The second-order valence-corrected chi connectivity index (χ2v) is 9.60. The Morgan fingerprint density at radius 2 is 1.94 bits per heavy atom. The van der Waals surface area contributed by atoms with Crippen LogP contribution in [-0.4, -0.2) is 40.1 Å². The molecule has 6 rings (SSSR count). The van der Waals surface area contributed by atoms with Crippen molar-refractivity contribution in [1.29, 1.82) is 0 Å². The minimum Gasteiger partial charge on any atom is -0.324 e. The summed E-state index contributed by atoms with van der Waals surface area (Å²) in [6, 6.07) is 9.99. The van der Waals surface area contributed by atoms with Gasteiger partial charge in [0.2, 0.25) is 17.7 Å². The Morgan fingerprint density at radius 1 is 1.15 bits per heavy atom. The zero-order valence-corrected chi connectivity index (χ0v) is 18.9. The lowest BCUT2D eigenvalue weighted by Crippen LogP contribution is -2.54. The average molecular weight is 460 g/mol. The molecule has 4 aliphatic rings. The third-order valence-electron chi connectivity index (χ3n) is 8.11. The van der Waals surface area contributed by atoms with E-state index in [1.165, 1.54) is 6.07 Å². The summed E-state index contributed by atoms with van der Waals surface area (Å²) in [5.74, 6) is -2.66. The summed E-state index contributed by atoms with van der Waals surface area (Å²) in [7, 11) is 0. The van der Waals surface area contributed by atoms with Crippen LogP contribution in [0.2, 0.25) is 0 Å². The molecule has 4 aliphatic heterocycles. The monoisotopic (exact) mass is 460 g/mol. The molecule has 2 aromatic rings. The van der Waals surface area contributed by atoms with Crippen LogP contribution >= 0.6 is 0 Å². The Hall–Kier alpha value is -3.59. The molecule has 0 aromatic heterocycles. The molecule has 0 unspecified atom stereocenters. The lowest BCUT2D eigenvalue weighted by atomic mass is 9.75. The van der Waals surface area contributed by atoms with Gasteiger partial charge >= 0.3 is 0 Å². The third-order valence-corrected chi connectivity index (χ3v) is 8.11. The smallest absolute Gasteiger partial charge is 0.274 e. The summed E-state index contributed by atoms with van der Waals surface area (Å²) in [6.07, 6.45) is 2.34. The van der Waals surface area contributed by atoms with Crippen LogP contribution in [0.15, 0.2) is 36.4 Å². The van der Waals surface area contributed by atoms with E-state index >= 15 is 0 Å². The van der Waals surface area contributed by atoms with Crippen molar-refractivity contribution < 1.29 is 19.3 Å². The zero-order chi connectivity index (χ0) is 23.9. The highest BCUT2D eigenvalue weighted by molar-refractivity contribution is 6.26. The Morgan fingerprint density at radius 3 is 2.68 bits per heavy atom. The Bertz CT molecular complexity index is 1310. The summed E-state index contributed by atoms with van der Waals surface area (Å²) < 4.78 is 0. The van der Waals surface area contributed by atoms with E-state index in [1.54, 1.807) is 19.1 Å². The minimum absolute atomic E-state index is 0.149. The molecule has 1 spiro atoms. The van der Waals surface area contributed by atoms with Crippen LogP contribution in [-0.2, 0) is 26.3 Å². The van der Waals surface area contributed by atoms with Gasteiger partial charge < -0.3 is 5.32 Å². The van der Waals surface area contributed by atoms with E-state index in [2.05, 4.69) is 10.2 Å². The number of hydrogen-bond donors (Lipinski definition) is 1. The van der Waals surface area contributed by atoms with Gasteiger partial charge in [0.15, 0.2) is 0 Å². The third kappa shape index (κ3) is 2.39. The van der Waals surface area contributed by atoms with E-state index in [9.17, 15) is 24.5 Å². The molecule has 174 valence electrons. The average Bonchev–Trinajstić information content (AvgIpc) is 3.52. The van der Waals surface area contributed by atoms with E-state index in [0.717, 1.165) is 35.3 Å². The zero-order valence-electron chi connectivity index (χ0n) is 18.9. The number of nitrogens with one attached hydrogen (secondary N) is 1. The molecular formula is C25H24N4O5. The maximum Gasteiger partial charge on any atom is 0.274 e. The number of imide groups is 1. The van der Waals surface area contributed by atoms with Crippen molar-refractivity contribution in [3.8, 4) is 0 Å². The molecule has 34 heavy (non-hydrogen) atoms. The highest BCUT2D eigenvalue weighted by Crippen LogP contribution is 2.60. The summed E-state index contributed by atoms with van der Waals surface area (Å²) in [6.45, 7) is 4.28. The highest BCUT2D eigenvalue weighted by atomic mass is 16.6. The van der Waals surface area contributed by atoms with Gasteiger partial charge in [-0.2, -0.15) is 0 Å². The Balaban J connectivity index is 1.53. The summed E-state index contributed by atoms with van der Waals surface area (Å²) in [5, 5.41) is 14.5. The van der Waals surface area contributed by atoms with Crippen LogP contribution < -0.4 is 10.2 Å². The molecule has 0 bridgehead atoms. The number of anilines is 2. The van der Waals surface area contributed by atoms with Gasteiger partial charge in [-0.3, -0.25) is 29.4 Å². The number of aryl methyl sites for hydroxylation is 2. The lowest BCUT2D eigenvalue weighted by molar-refractivity contribution is -0.385. The standard InChI is InChI=1S/C25H24N4O5/c1-3-14-7-9-17-16(11-14)25(24(32)26-17)21-20(18-5-4-10-27(18)25)22(30)28(23(21)31)15-8-6-13(2)19(12-15)29(33)34/h6-9,11-12,18,20-21H,3-5,10H2,1-2H3,(H,26,32)/t18-,20+,21+,25-/m1/s1. The molecule has 9 nitrogen and oxygen atoms in total. The van der Waals surface area contributed by atoms with E-state index in [-0.39, 0.29) is 29.2 Å². The molecule has 3 saturated heterocycles. The quantitative estimate of drug-likeness (QED) is 0.428. The second-order valence-electron chi connectivity index (χ2n) is 9.60. The van der Waals surface area contributed by atoms with Gasteiger partial charge in [0, 0.05) is 28.9 Å². The normalized spacial score (nSPS) is 29.5. The first-order valence-electron chi connectivity index (χ1n) is 11.6. The van der Waals surface area contributed by atoms with E-state index in [1.807, 2.05) is 25.1 Å². The van der Waals surface area contributed by atoms with Crippen molar-refractivity contribution in [1.82, 2.24) is 4.90 Å². The van der Waals surface area contributed by atoms with Crippen molar-refractivity contribution in [3.63, 3.8) is 0 Å². The molecule has 9 heteroatoms. The predicted molar refractivity (Wildman–Crippen MR) is 123 cm³/mol. The molecule has 1 N–H and O–H groups in total. The number of nitro groups is 1. The molecular weight excluding hydrogens is 436 g/mol. The van der Waals surface area contributed by atoms with Gasteiger partial charge in [-0.25, -0.2) is 4.90 Å². The van der Waals surface area contributed by atoms with Crippen LogP contribution in [0.25, 0.3) is 0 Å². The molecule has 3 amide bonds. The maximum absolute atomic E-state index is 14.0. The topological polar surface area (TPSA) is 113 Å². The van der Waals surface area contributed by atoms with E-state index in [0.29, 0.717) is 17.8 Å². The first-order chi connectivity index (χ1) is 16.3. The number of benzene rings is 2. The molecule has 2 aromatic carbocycles. The largest absolute Gasteiger partial charge is 0.324 e. The SMILES string of the molecule is CCc1ccc2c(c1)[C@]1(C(=O)N2)[C@@H]2C(=O)N(c3ccc(C)c([N+](=O)[O-])c3)C(=O)[C@H]2[C@H]2CCCN21. The molecule has 0 radical (unpaired) electrons. The number of nitrogens with zero attached hydrogens (tertiary/aromatic N) is 3. The van der Waals surface area contributed by atoms with E-state index < -0.39 is 28.2 Å². The first-order valence-corrected chi connectivity index (χ1v) is 11.6. The van der Waals surface area contributed by atoms with Crippen LogP contribution in [0, 0.1) is 28.9 Å². The van der Waals surface area contributed by atoms with Gasteiger partial charge in [0.25, 0.3) is 5.69 Å². The fourth-order valence-corrected chi connectivity index (χ4v) is 6.66. The fraction of sp³-hybridized carbons (Fsp3) is 0.400. The van der Waals surface area contributed by atoms with Gasteiger partial charge in [0.1, 0.15) is 5.54 Å². The summed E-state index contributed by atoms with van der Waals surface area (Å²) in [4.78, 5) is 55.6. The second kappa shape index (κ2) is 6.96. The minimum atomic E-state index is -1.25. The number of rotatable bonds is 3. The summed E-state index contributed by atoms with van der Waals surface area (Å²) >= 11 is 0. The van der Waals surface area contributed by atoms with Crippen LogP contribution in [0.5, 0.6) is 0 Å². The van der Waals surface area contributed by atoms with Gasteiger partial charge in [0.05, 0.1) is 22.4 Å². The Labute approximate surface area is 195 Å². The number of hydrogen-bond acceptors (Lipinski definition) is 6. The highest BCUT2D eigenvalue weighted by Gasteiger charge is 2.74.